The van der Waals surface area contributed by atoms with Gasteiger partial charge in [0.25, 0.3) is 0 Å². The summed E-state index contributed by atoms with van der Waals surface area (Å²) in [6.45, 7) is 5.09. The second-order valence-electron chi connectivity index (χ2n) is 7.56. The molecular formula is C16H30N2O6S. The Kier molecular flexibility index (Phi) is 7.25. The minimum Gasteiger partial charge on any atom is -0.467 e. The molecule has 1 fully saturated rings. The second-order valence-corrected chi connectivity index (χ2v) is 10.00. The number of nitrogens with one attached hydrogen (secondary N) is 2. The van der Waals surface area contributed by atoms with Gasteiger partial charge in [-0.15, -0.1) is 0 Å². The maximum atomic E-state index is 12.4. The Bertz CT molecular complexity index is 578. The smallest absolute Gasteiger partial charge is 0.408 e. The van der Waals surface area contributed by atoms with Gasteiger partial charge in [0.05, 0.1) is 12.7 Å². The molecule has 1 unspecified atom stereocenters. The SMILES string of the molecule is COC(=O)[C@H](CCS(=N)(=O)CCC1(O)CCC1)NC(=O)OC(C)(C)C. The lowest BCUT2D eigenvalue weighted by atomic mass is 9.78. The number of esters is 1. The zero-order valence-corrected chi connectivity index (χ0v) is 16.2. The Morgan fingerprint density at radius 3 is 2.36 bits per heavy atom. The zero-order valence-electron chi connectivity index (χ0n) is 15.4. The highest BCUT2D eigenvalue weighted by Crippen LogP contribution is 2.34. The first-order chi connectivity index (χ1) is 11.4. The van der Waals surface area contributed by atoms with Crippen molar-refractivity contribution in [1.29, 1.82) is 4.78 Å². The Labute approximate surface area is 149 Å². The van der Waals surface area contributed by atoms with Crippen molar-refractivity contribution >= 4 is 21.8 Å². The van der Waals surface area contributed by atoms with Crippen LogP contribution in [0.15, 0.2) is 0 Å². The van der Waals surface area contributed by atoms with E-state index >= 15 is 0 Å². The second kappa shape index (κ2) is 8.35. The van der Waals surface area contributed by atoms with Crippen LogP contribution in [-0.4, -0.2) is 57.2 Å². The largest absolute Gasteiger partial charge is 0.467 e. The minimum atomic E-state index is -2.96. The number of methoxy groups -OCH3 is 1. The van der Waals surface area contributed by atoms with E-state index in [2.05, 4.69) is 10.1 Å². The summed E-state index contributed by atoms with van der Waals surface area (Å²) in [4.78, 5) is 23.6. The molecule has 146 valence electrons. The van der Waals surface area contributed by atoms with Gasteiger partial charge in [-0.05, 0) is 52.9 Å². The molecule has 0 saturated heterocycles. The lowest BCUT2D eigenvalue weighted by Crippen LogP contribution is -2.45. The van der Waals surface area contributed by atoms with E-state index in [1.54, 1.807) is 20.8 Å². The number of carbonyl (C=O) groups excluding carboxylic acids is 2. The van der Waals surface area contributed by atoms with Crippen LogP contribution in [0.25, 0.3) is 0 Å². The van der Waals surface area contributed by atoms with Crippen molar-refractivity contribution in [3.05, 3.63) is 0 Å². The molecule has 1 rings (SSSR count). The van der Waals surface area contributed by atoms with Crippen molar-refractivity contribution in [1.82, 2.24) is 5.32 Å². The number of aliphatic hydroxyl groups is 1. The monoisotopic (exact) mass is 378 g/mol. The summed E-state index contributed by atoms with van der Waals surface area (Å²) in [5.41, 5.74) is -1.51. The Balaban J connectivity index is 2.56. The van der Waals surface area contributed by atoms with E-state index in [9.17, 15) is 18.9 Å². The number of rotatable bonds is 8. The first-order valence-electron chi connectivity index (χ1n) is 8.40. The predicted molar refractivity (Wildman–Crippen MR) is 93.8 cm³/mol. The van der Waals surface area contributed by atoms with Crippen LogP contribution in [0.1, 0.15) is 52.9 Å². The summed E-state index contributed by atoms with van der Waals surface area (Å²) < 4.78 is 30.1. The van der Waals surface area contributed by atoms with Crippen LogP contribution >= 0.6 is 0 Å². The van der Waals surface area contributed by atoms with Gasteiger partial charge >= 0.3 is 12.1 Å². The highest BCUT2D eigenvalue weighted by atomic mass is 32.2. The Morgan fingerprint density at radius 1 is 1.32 bits per heavy atom. The Hall–Kier alpha value is -1.35. The molecule has 0 radical (unpaired) electrons. The highest BCUT2D eigenvalue weighted by Gasteiger charge is 2.35. The van der Waals surface area contributed by atoms with Gasteiger partial charge in [0.2, 0.25) is 0 Å². The van der Waals surface area contributed by atoms with Gasteiger partial charge in [-0.2, -0.15) is 0 Å². The third-order valence-corrected chi connectivity index (χ3v) is 5.85. The van der Waals surface area contributed by atoms with Gasteiger partial charge in [-0.25, -0.2) is 13.8 Å². The molecule has 0 heterocycles. The van der Waals surface area contributed by atoms with E-state index in [0.717, 1.165) is 6.42 Å². The maximum absolute atomic E-state index is 12.4. The molecule has 1 saturated carbocycles. The molecular weight excluding hydrogens is 348 g/mol. The van der Waals surface area contributed by atoms with Crippen molar-refractivity contribution < 1.29 is 28.4 Å². The van der Waals surface area contributed by atoms with Crippen molar-refractivity contribution in [3.63, 3.8) is 0 Å². The van der Waals surface area contributed by atoms with Crippen LogP contribution in [0, 0.1) is 4.78 Å². The van der Waals surface area contributed by atoms with Gasteiger partial charge in [-0.3, -0.25) is 4.78 Å². The van der Waals surface area contributed by atoms with Crippen LogP contribution in [0.2, 0.25) is 0 Å². The lowest BCUT2D eigenvalue weighted by molar-refractivity contribution is -0.143. The Morgan fingerprint density at radius 2 is 1.92 bits per heavy atom. The predicted octanol–water partition coefficient (Wildman–Crippen LogP) is 1.79. The zero-order chi connectivity index (χ0) is 19.3. The molecule has 0 aromatic heterocycles. The van der Waals surface area contributed by atoms with Crippen molar-refractivity contribution in [2.45, 2.75) is 70.1 Å². The van der Waals surface area contributed by atoms with E-state index in [0.29, 0.717) is 19.3 Å². The third-order valence-electron chi connectivity index (χ3n) is 4.09. The van der Waals surface area contributed by atoms with E-state index in [-0.39, 0.29) is 17.9 Å². The molecule has 3 N–H and O–H groups in total. The molecule has 0 spiro atoms. The summed E-state index contributed by atoms with van der Waals surface area (Å²) in [5, 5.41) is 12.4. The molecule has 1 aliphatic rings. The quantitative estimate of drug-likeness (QED) is 0.553. The summed E-state index contributed by atoms with van der Waals surface area (Å²) in [6, 6.07) is -1.03. The molecule has 0 aliphatic heterocycles. The first kappa shape index (κ1) is 21.7. The van der Waals surface area contributed by atoms with Crippen LogP contribution in [0.5, 0.6) is 0 Å². The van der Waals surface area contributed by atoms with Crippen LogP contribution in [0.4, 0.5) is 4.79 Å². The van der Waals surface area contributed by atoms with Gasteiger partial charge < -0.3 is 19.9 Å². The first-order valence-corrected chi connectivity index (χ1v) is 10.3. The van der Waals surface area contributed by atoms with Gasteiger partial charge in [0, 0.05) is 21.2 Å². The highest BCUT2D eigenvalue weighted by molar-refractivity contribution is 7.92. The van der Waals surface area contributed by atoms with Gasteiger partial charge in [0.15, 0.2) is 0 Å². The molecule has 8 nitrogen and oxygen atoms in total. The van der Waals surface area contributed by atoms with E-state index < -0.39 is 39.0 Å². The number of alkyl carbamates (subject to hydrolysis) is 1. The van der Waals surface area contributed by atoms with E-state index in [1.807, 2.05) is 0 Å². The number of hydrogen-bond donors (Lipinski definition) is 3. The minimum absolute atomic E-state index is 0.00663. The molecule has 2 atom stereocenters. The molecule has 9 heteroatoms. The normalized spacial score (nSPS) is 19.9. The fourth-order valence-electron chi connectivity index (χ4n) is 2.44. The van der Waals surface area contributed by atoms with E-state index in [1.165, 1.54) is 7.11 Å². The molecule has 0 bridgehead atoms. The van der Waals surface area contributed by atoms with Crippen molar-refractivity contribution in [3.8, 4) is 0 Å². The third kappa shape index (κ3) is 8.04. The van der Waals surface area contributed by atoms with Crippen LogP contribution < -0.4 is 5.32 Å². The molecule has 0 aromatic rings. The average molecular weight is 378 g/mol. The summed E-state index contributed by atoms with van der Waals surface area (Å²) in [7, 11) is -1.77. The number of amides is 1. The van der Waals surface area contributed by atoms with Crippen molar-refractivity contribution in [2.75, 3.05) is 18.6 Å². The molecule has 0 aromatic carbocycles. The summed E-state index contributed by atoms with van der Waals surface area (Å²) in [6.07, 6.45) is 1.84. The van der Waals surface area contributed by atoms with E-state index in [4.69, 9.17) is 9.52 Å². The van der Waals surface area contributed by atoms with Crippen LogP contribution in [-0.2, 0) is 24.0 Å². The molecule has 1 amide bonds. The van der Waals surface area contributed by atoms with Gasteiger partial charge in [0.1, 0.15) is 11.6 Å². The fourth-order valence-corrected chi connectivity index (χ4v) is 3.97. The lowest BCUT2D eigenvalue weighted by Gasteiger charge is -2.36. The topological polar surface area (TPSA) is 126 Å². The van der Waals surface area contributed by atoms with Crippen LogP contribution in [0.3, 0.4) is 0 Å². The summed E-state index contributed by atoms with van der Waals surface area (Å²) in [5.74, 6) is -0.679. The summed E-state index contributed by atoms with van der Waals surface area (Å²) >= 11 is 0. The number of carbonyl (C=O) groups is 2. The number of ether oxygens (including phenoxy) is 2. The molecule has 1 aliphatic carbocycles. The van der Waals surface area contributed by atoms with Crippen molar-refractivity contribution in [2.24, 2.45) is 0 Å². The maximum Gasteiger partial charge on any atom is 0.408 e. The standard InChI is InChI=1S/C16H30N2O6S/c1-15(2,3)24-14(20)18-12(13(19)23-4)6-10-25(17,22)11-9-16(21)7-5-8-16/h12,17,21H,5-11H2,1-4H3,(H,18,20)/t12-,25?/m0/s1. The average Bonchev–Trinajstić information content (AvgIpc) is 2.45. The van der Waals surface area contributed by atoms with Gasteiger partial charge in [-0.1, -0.05) is 0 Å². The number of hydrogen-bond acceptors (Lipinski definition) is 7. The molecule has 25 heavy (non-hydrogen) atoms. The fraction of sp³-hybridized carbons (Fsp3) is 0.875.